The number of ether oxygens (including phenoxy) is 1. The molecule has 2 heterocycles. The second-order valence-electron chi connectivity index (χ2n) is 5.66. The van der Waals surface area contributed by atoms with Crippen LogP contribution in [0.1, 0.15) is 24.4 Å². The lowest BCUT2D eigenvalue weighted by molar-refractivity contribution is 0.144. The molecule has 126 valence electrons. The quantitative estimate of drug-likeness (QED) is 0.910. The van der Waals surface area contributed by atoms with Crippen LogP contribution in [0.2, 0.25) is 0 Å². The van der Waals surface area contributed by atoms with Crippen molar-refractivity contribution < 1.29 is 4.74 Å². The number of imidazole rings is 1. The maximum Gasteiger partial charge on any atom is 0.127 e. The predicted octanol–water partition coefficient (Wildman–Crippen LogP) is 2.39. The van der Waals surface area contributed by atoms with Crippen LogP contribution >= 0.6 is 12.4 Å². The maximum absolute atomic E-state index is 5.51. The molecule has 0 aliphatic carbocycles. The van der Waals surface area contributed by atoms with Gasteiger partial charge in [0.15, 0.2) is 0 Å². The number of nitrogens with zero attached hydrogens (tertiary/aromatic N) is 3. The van der Waals surface area contributed by atoms with Crippen LogP contribution in [0.25, 0.3) is 0 Å². The van der Waals surface area contributed by atoms with Gasteiger partial charge < -0.3 is 14.6 Å². The molecular weight excluding hydrogens is 312 g/mol. The van der Waals surface area contributed by atoms with Gasteiger partial charge in [-0.05, 0) is 24.6 Å². The van der Waals surface area contributed by atoms with Crippen molar-refractivity contribution in [3.8, 4) is 5.75 Å². The van der Waals surface area contributed by atoms with Gasteiger partial charge in [-0.25, -0.2) is 4.98 Å². The lowest BCUT2D eigenvalue weighted by Gasteiger charge is -2.35. The first-order valence-corrected chi connectivity index (χ1v) is 7.91. The summed E-state index contributed by atoms with van der Waals surface area (Å²) in [4.78, 5) is 7.03. The fraction of sp³-hybridized carbons (Fsp3) is 0.471. The molecule has 5 nitrogen and oxygen atoms in total. The first-order chi connectivity index (χ1) is 10.8. The van der Waals surface area contributed by atoms with Crippen molar-refractivity contribution in [2.24, 2.45) is 7.05 Å². The zero-order valence-electron chi connectivity index (χ0n) is 13.7. The minimum Gasteiger partial charge on any atom is -0.494 e. The highest BCUT2D eigenvalue weighted by atomic mass is 35.5. The molecule has 1 fully saturated rings. The van der Waals surface area contributed by atoms with Gasteiger partial charge in [-0.3, -0.25) is 4.90 Å². The summed E-state index contributed by atoms with van der Waals surface area (Å²) in [6, 6.07) is 8.74. The van der Waals surface area contributed by atoms with Crippen LogP contribution in [0.3, 0.4) is 0 Å². The van der Waals surface area contributed by atoms with Gasteiger partial charge in [0.25, 0.3) is 0 Å². The van der Waals surface area contributed by atoms with Gasteiger partial charge in [-0.1, -0.05) is 12.1 Å². The Morgan fingerprint density at radius 1 is 1.30 bits per heavy atom. The van der Waals surface area contributed by atoms with E-state index in [1.807, 2.05) is 19.3 Å². The standard InChI is InChI=1S/C17H24N4O.ClH/c1-3-22-15-6-4-14(5-7-15)13-21-11-8-18-12-16(21)17-19-9-10-20(17)2;/h4-7,9-10,16,18H,3,8,11-13H2,1-2H3;1H. The number of nitrogens with one attached hydrogen (secondary N) is 1. The van der Waals surface area contributed by atoms with Crippen molar-refractivity contribution in [2.45, 2.75) is 19.5 Å². The number of hydrogen-bond donors (Lipinski definition) is 1. The van der Waals surface area contributed by atoms with E-state index in [1.54, 1.807) is 0 Å². The highest BCUT2D eigenvalue weighted by Crippen LogP contribution is 2.23. The van der Waals surface area contributed by atoms with Crippen molar-refractivity contribution in [3.63, 3.8) is 0 Å². The molecule has 1 unspecified atom stereocenters. The number of rotatable bonds is 5. The van der Waals surface area contributed by atoms with Crippen LogP contribution in [-0.2, 0) is 13.6 Å². The summed E-state index contributed by atoms with van der Waals surface area (Å²) in [6.45, 7) is 6.65. The Morgan fingerprint density at radius 2 is 2.09 bits per heavy atom. The van der Waals surface area contributed by atoms with E-state index in [2.05, 4.69) is 51.1 Å². The third-order valence-electron chi connectivity index (χ3n) is 4.13. The molecule has 23 heavy (non-hydrogen) atoms. The minimum atomic E-state index is 0. The second-order valence-corrected chi connectivity index (χ2v) is 5.66. The topological polar surface area (TPSA) is 42.3 Å². The maximum atomic E-state index is 5.51. The van der Waals surface area contributed by atoms with Crippen molar-refractivity contribution in [1.82, 2.24) is 19.8 Å². The Labute approximate surface area is 144 Å². The zero-order valence-corrected chi connectivity index (χ0v) is 14.6. The lowest BCUT2D eigenvalue weighted by Crippen LogP contribution is -2.46. The van der Waals surface area contributed by atoms with Crippen LogP contribution < -0.4 is 10.1 Å². The number of aryl methyl sites for hydroxylation is 1. The lowest BCUT2D eigenvalue weighted by atomic mass is 10.1. The van der Waals surface area contributed by atoms with Gasteiger partial charge in [-0.2, -0.15) is 0 Å². The van der Waals surface area contributed by atoms with Crippen LogP contribution in [0.5, 0.6) is 5.75 Å². The monoisotopic (exact) mass is 336 g/mol. The molecular formula is C17H25ClN4O. The molecule has 0 spiro atoms. The SMILES string of the molecule is CCOc1ccc(CN2CCNCC2c2nccn2C)cc1.Cl. The first kappa shape index (κ1) is 17.8. The Kier molecular flexibility index (Phi) is 6.45. The molecule has 1 aliphatic heterocycles. The fourth-order valence-corrected chi connectivity index (χ4v) is 2.98. The molecule has 3 rings (SSSR count). The van der Waals surface area contributed by atoms with Crippen LogP contribution in [0, 0.1) is 0 Å². The molecule has 6 heteroatoms. The van der Waals surface area contributed by atoms with Gasteiger partial charge in [0, 0.05) is 45.6 Å². The van der Waals surface area contributed by atoms with Crippen LogP contribution in [-0.4, -0.2) is 40.7 Å². The third-order valence-corrected chi connectivity index (χ3v) is 4.13. The van der Waals surface area contributed by atoms with Crippen molar-refractivity contribution in [1.29, 1.82) is 0 Å². The molecule has 0 bridgehead atoms. The Morgan fingerprint density at radius 3 is 2.74 bits per heavy atom. The zero-order chi connectivity index (χ0) is 15.4. The van der Waals surface area contributed by atoms with E-state index >= 15 is 0 Å². The van der Waals surface area contributed by atoms with E-state index < -0.39 is 0 Å². The Balaban J connectivity index is 0.00000192. The van der Waals surface area contributed by atoms with E-state index in [0.717, 1.165) is 37.8 Å². The number of piperazine rings is 1. The van der Waals surface area contributed by atoms with Gasteiger partial charge in [0.1, 0.15) is 11.6 Å². The third kappa shape index (κ3) is 4.25. The summed E-state index contributed by atoms with van der Waals surface area (Å²) in [6.07, 6.45) is 3.89. The minimum absolute atomic E-state index is 0. The largest absolute Gasteiger partial charge is 0.494 e. The molecule has 1 saturated heterocycles. The highest BCUT2D eigenvalue weighted by Gasteiger charge is 2.26. The highest BCUT2D eigenvalue weighted by molar-refractivity contribution is 5.85. The average molecular weight is 337 g/mol. The van der Waals surface area contributed by atoms with Crippen LogP contribution in [0.4, 0.5) is 0 Å². The molecule has 1 aliphatic rings. The van der Waals surface area contributed by atoms with Crippen molar-refractivity contribution >= 4 is 12.4 Å². The molecule has 2 aromatic rings. The number of halogens is 1. The molecule has 1 aromatic carbocycles. The molecule has 0 saturated carbocycles. The van der Waals surface area contributed by atoms with Crippen molar-refractivity contribution in [2.75, 3.05) is 26.2 Å². The summed E-state index contributed by atoms with van der Waals surface area (Å²) in [5.41, 5.74) is 1.31. The summed E-state index contributed by atoms with van der Waals surface area (Å²) in [7, 11) is 2.06. The van der Waals surface area contributed by atoms with E-state index in [1.165, 1.54) is 5.56 Å². The normalized spacial score (nSPS) is 18.4. The van der Waals surface area contributed by atoms with Crippen molar-refractivity contribution in [3.05, 3.63) is 48.0 Å². The smallest absolute Gasteiger partial charge is 0.127 e. The first-order valence-electron chi connectivity index (χ1n) is 7.91. The van der Waals surface area contributed by atoms with Gasteiger partial charge in [-0.15, -0.1) is 12.4 Å². The van der Waals surface area contributed by atoms with E-state index in [9.17, 15) is 0 Å². The van der Waals surface area contributed by atoms with Crippen LogP contribution in [0.15, 0.2) is 36.7 Å². The van der Waals surface area contributed by atoms with Gasteiger partial charge in [0.2, 0.25) is 0 Å². The summed E-state index contributed by atoms with van der Waals surface area (Å²) >= 11 is 0. The number of hydrogen-bond acceptors (Lipinski definition) is 4. The van der Waals surface area contributed by atoms with E-state index in [4.69, 9.17) is 4.74 Å². The summed E-state index contributed by atoms with van der Waals surface area (Å²) in [5.74, 6) is 2.06. The Hall–Kier alpha value is -1.56. The fourth-order valence-electron chi connectivity index (χ4n) is 2.98. The number of aromatic nitrogens is 2. The van der Waals surface area contributed by atoms with E-state index in [-0.39, 0.29) is 12.4 Å². The number of benzene rings is 1. The van der Waals surface area contributed by atoms with Gasteiger partial charge in [0.05, 0.1) is 12.6 Å². The van der Waals surface area contributed by atoms with E-state index in [0.29, 0.717) is 12.6 Å². The molecule has 1 atom stereocenters. The Bertz CT molecular complexity index is 599. The molecule has 1 aromatic heterocycles. The summed E-state index contributed by atoms with van der Waals surface area (Å²) in [5, 5.41) is 3.48. The van der Waals surface area contributed by atoms with Gasteiger partial charge >= 0.3 is 0 Å². The molecule has 0 radical (unpaired) electrons. The average Bonchev–Trinajstić information content (AvgIpc) is 2.96. The molecule has 1 N–H and O–H groups in total. The summed E-state index contributed by atoms with van der Waals surface area (Å²) < 4.78 is 7.62. The molecule has 0 amide bonds. The second kappa shape index (κ2) is 8.34. The predicted molar refractivity (Wildman–Crippen MR) is 94.1 cm³/mol.